The molecule has 2 amide bonds. The fourth-order valence-corrected chi connectivity index (χ4v) is 5.22. The summed E-state index contributed by atoms with van der Waals surface area (Å²) in [6, 6.07) is 22.4. The predicted molar refractivity (Wildman–Crippen MR) is 130 cm³/mol. The molecule has 5 rings (SSSR count). The number of carbonyl (C=O) groups excluding carboxylic acids is 2. The Kier molecular flexibility index (Phi) is 5.71. The lowest BCUT2D eigenvalue weighted by molar-refractivity contribution is -0.134. The molecule has 0 N–H and O–H groups in total. The number of aromatic nitrogens is 1. The van der Waals surface area contributed by atoms with E-state index in [0.29, 0.717) is 6.54 Å². The fraction of sp³-hybridized carbons (Fsp3) is 0.321. The van der Waals surface area contributed by atoms with E-state index in [-0.39, 0.29) is 30.1 Å². The average Bonchev–Trinajstić information content (AvgIpc) is 3.09. The van der Waals surface area contributed by atoms with E-state index in [2.05, 4.69) is 24.3 Å². The van der Waals surface area contributed by atoms with Crippen molar-refractivity contribution >= 4 is 17.5 Å². The molecule has 3 heterocycles. The summed E-state index contributed by atoms with van der Waals surface area (Å²) in [4.78, 5) is 34.6. The van der Waals surface area contributed by atoms with Crippen molar-refractivity contribution in [2.24, 2.45) is 0 Å². The number of likely N-dealkylation sites (tertiary alicyclic amines) is 1. The van der Waals surface area contributed by atoms with Crippen LogP contribution in [0.15, 0.2) is 66.7 Å². The van der Waals surface area contributed by atoms with Crippen molar-refractivity contribution in [2.45, 2.75) is 38.0 Å². The monoisotopic (exact) mass is 439 g/mol. The summed E-state index contributed by atoms with van der Waals surface area (Å²) in [7, 11) is 1.79. The van der Waals surface area contributed by atoms with Crippen molar-refractivity contribution in [3.63, 3.8) is 0 Å². The predicted octanol–water partition coefficient (Wildman–Crippen LogP) is 4.91. The molecule has 3 aromatic rings. The molecule has 2 aliphatic heterocycles. The second-order valence-electron chi connectivity index (χ2n) is 9.18. The molecule has 5 heteroatoms. The van der Waals surface area contributed by atoms with Crippen LogP contribution in [-0.4, -0.2) is 41.8 Å². The number of fused-ring (bicyclic) bond motifs is 1. The van der Waals surface area contributed by atoms with Crippen LogP contribution in [0.1, 0.15) is 48.0 Å². The summed E-state index contributed by atoms with van der Waals surface area (Å²) in [6.07, 6.45) is 2.19. The normalized spacial score (nSPS) is 20.1. The molecule has 0 bridgehead atoms. The van der Waals surface area contributed by atoms with Gasteiger partial charge in [0.05, 0.1) is 5.92 Å². The van der Waals surface area contributed by atoms with Gasteiger partial charge in [0.25, 0.3) is 0 Å². The molecule has 0 aliphatic carbocycles. The number of pyridine rings is 1. The van der Waals surface area contributed by atoms with Crippen molar-refractivity contribution in [1.82, 2.24) is 9.88 Å². The Labute approximate surface area is 195 Å². The highest BCUT2D eigenvalue weighted by atomic mass is 16.2. The van der Waals surface area contributed by atoms with Crippen LogP contribution in [0.25, 0.3) is 11.1 Å². The molecule has 33 heavy (non-hydrogen) atoms. The Morgan fingerprint density at radius 3 is 2.61 bits per heavy atom. The van der Waals surface area contributed by atoms with Gasteiger partial charge in [-0.15, -0.1) is 0 Å². The molecule has 2 aliphatic rings. The van der Waals surface area contributed by atoms with E-state index in [9.17, 15) is 9.59 Å². The zero-order chi connectivity index (χ0) is 22.9. The van der Waals surface area contributed by atoms with Crippen LogP contribution in [0.2, 0.25) is 0 Å². The molecule has 1 aromatic heterocycles. The lowest BCUT2D eigenvalue weighted by Crippen LogP contribution is -2.40. The van der Waals surface area contributed by atoms with E-state index in [4.69, 9.17) is 4.98 Å². The summed E-state index contributed by atoms with van der Waals surface area (Å²) in [5, 5.41) is 0. The van der Waals surface area contributed by atoms with Gasteiger partial charge in [-0.25, -0.2) is 0 Å². The third-order valence-electron chi connectivity index (χ3n) is 6.95. The van der Waals surface area contributed by atoms with Crippen LogP contribution in [0.5, 0.6) is 0 Å². The number of hydrogen-bond donors (Lipinski definition) is 0. The Balaban J connectivity index is 1.33. The first-order valence-electron chi connectivity index (χ1n) is 11.7. The van der Waals surface area contributed by atoms with Crippen LogP contribution in [0, 0.1) is 6.92 Å². The largest absolute Gasteiger partial charge is 0.342 e. The second kappa shape index (κ2) is 8.81. The van der Waals surface area contributed by atoms with Gasteiger partial charge in [-0.2, -0.15) is 0 Å². The second-order valence-corrected chi connectivity index (χ2v) is 9.18. The van der Waals surface area contributed by atoms with Gasteiger partial charge < -0.3 is 9.80 Å². The van der Waals surface area contributed by atoms with Crippen molar-refractivity contribution in [3.05, 3.63) is 83.7 Å². The highest BCUT2D eigenvalue weighted by molar-refractivity contribution is 6.06. The maximum Gasteiger partial charge on any atom is 0.234 e. The Hall–Kier alpha value is -3.47. The third kappa shape index (κ3) is 4.15. The number of rotatable bonds is 4. The molecular formula is C28H29N3O2. The van der Waals surface area contributed by atoms with E-state index in [0.717, 1.165) is 47.6 Å². The highest BCUT2D eigenvalue weighted by Gasteiger charge is 2.37. The van der Waals surface area contributed by atoms with Gasteiger partial charge in [0.15, 0.2) is 0 Å². The quantitative estimate of drug-likeness (QED) is 0.580. The summed E-state index contributed by atoms with van der Waals surface area (Å²) in [5.74, 6) is -0.120. The molecule has 2 aromatic carbocycles. The summed E-state index contributed by atoms with van der Waals surface area (Å²) >= 11 is 0. The van der Waals surface area contributed by atoms with Gasteiger partial charge in [0.1, 0.15) is 0 Å². The lowest BCUT2D eigenvalue weighted by Gasteiger charge is -2.33. The molecule has 1 saturated heterocycles. The van der Waals surface area contributed by atoms with Crippen molar-refractivity contribution in [3.8, 4) is 11.1 Å². The zero-order valence-electron chi connectivity index (χ0n) is 19.2. The summed E-state index contributed by atoms with van der Waals surface area (Å²) in [6.45, 7) is 3.42. The SMILES string of the molecule is Cc1cc(-c2ccccc2)cc([C@H]2CCCN(C(=O)C[C@@H]3C(=O)N(C)c4ccccc43)C2)n1. The lowest BCUT2D eigenvalue weighted by atomic mass is 9.91. The number of benzene rings is 2. The van der Waals surface area contributed by atoms with E-state index in [1.54, 1.807) is 11.9 Å². The number of piperidine rings is 1. The number of likely N-dealkylation sites (N-methyl/N-ethyl adjacent to an activating group) is 1. The third-order valence-corrected chi connectivity index (χ3v) is 6.95. The van der Waals surface area contributed by atoms with E-state index in [1.807, 2.05) is 54.3 Å². The van der Waals surface area contributed by atoms with Gasteiger partial charge in [-0.1, -0.05) is 48.5 Å². The smallest absolute Gasteiger partial charge is 0.234 e. The van der Waals surface area contributed by atoms with Gasteiger partial charge >= 0.3 is 0 Å². The first kappa shape index (κ1) is 21.4. The van der Waals surface area contributed by atoms with Crippen molar-refractivity contribution < 1.29 is 9.59 Å². The Morgan fingerprint density at radius 2 is 1.79 bits per heavy atom. The van der Waals surface area contributed by atoms with Crippen LogP contribution < -0.4 is 4.90 Å². The first-order valence-corrected chi connectivity index (χ1v) is 11.7. The van der Waals surface area contributed by atoms with Crippen LogP contribution in [0.3, 0.4) is 0 Å². The van der Waals surface area contributed by atoms with E-state index in [1.165, 1.54) is 5.56 Å². The number of carbonyl (C=O) groups is 2. The summed E-state index contributed by atoms with van der Waals surface area (Å²) < 4.78 is 0. The molecule has 0 saturated carbocycles. The molecule has 5 nitrogen and oxygen atoms in total. The molecule has 1 fully saturated rings. The van der Waals surface area contributed by atoms with Crippen molar-refractivity contribution in [2.75, 3.05) is 25.0 Å². The fourth-order valence-electron chi connectivity index (χ4n) is 5.22. The highest BCUT2D eigenvalue weighted by Crippen LogP contribution is 2.39. The van der Waals surface area contributed by atoms with Gasteiger partial charge in [-0.05, 0) is 54.7 Å². The number of aryl methyl sites for hydroxylation is 1. The Bertz CT molecular complexity index is 1190. The Morgan fingerprint density at radius 1 is 1.03 bits per heavy atom. The van der Waals surface area contributed by atoms with Crippen molar-refractivity contribution in [1.29, 1.82) is 0 Å². The zero-order valence-corrected chi connectivity index (χ0v) is 19.2. The van der Waals surface area contributed by atoms with Gasteiger partial charge in [0.2, 0.25) is 11.8 Å². The number of para-hydroxylation sites is 1. The molecule has 0 unspecified atom stereocenters. The minimum atomic E-state index is -0.388. The number of nitrogens with zero attached hydrogens (tertiary/aromatic N) is 3. The van der Waals surface area contributed by atoms with E-state index < -0.39 is 0 Å². The topological polar surface area (TPSA) is 53.5 Å². The van der Waals surface area contributed by atoms with Crippen LogP contribution in [-0.2, 0) is 9.59 Å². The maximum absolute atomic E-state index is 13.3. The molecular weight excluding hydrogens is 410 g/mol. The average molecular weight is 440 g/mol. The molecule has 2 atom stereocenters. The minimum absolute atomic E-state index is 0.00552. The molecule has 0 radical (unpaired) electrons. The van der Waals surface area contributed by atoms with Crippen LogP contribution >= 0.6 is 0 Å². The van der Waals surface area contributed by atoms with Gasteiger partial charge in [-0.3, -0.25) is 14.6 Å². The maximum atomic E-state index is 13.3. The number of anilines is 1. The summed E-state index contributed by atoms with van der Waals surface area (Å²) in [5.41, 5.74) is 6.25. The van der Waals surface area contributed by atoms with Crippen LogP contribution in [0.4, 0.5) is 5.69 Å². The van der Waals surface area contributed by atoms with E-state index >= 15 is 0 Å². The number of amides is 2. The molecule has 168 valence electrons. The minimum Gasteiger partial charge on any atom is -0.342 e. The first-order chi connectivity index (χ1) is 16.0. The van der Waals surface area contributed by atoms with Gasteiger partial charge in [0, 0.05) is 49.6 Å². The number of hydrogen-bond acceptors (Lipinski definition) is 3. The standard InChI is InChI=1S/C28H29N3O2/c1-19-15-22(20-9-4-3-5-10-20)16-25(29-19)21-11-8-14-31(18-21)27(32)17-24-23-12-6-7-13-26(23)30(2)28(24)33/h3-7,9-10,12-13,15-16,21,24H,8,11,14,17-18H2,1-2H3/t21-,24-/m0/s1. The molecule has 0 spiro atoms.